The molecule has 1 amide bonds. The van der Waals surface area contributed by atoms with Crippen molar-refractivity contribution in [3.8, 4) is 5.69 Å². The van der Waals surface area contributed by atoms with Crippen LogP contribution in [0.25, 0.3) is 5.69 Å². The summed E-state index contributed by atoms with van der Waals surface area (Å²) in [6, 6.07) is 17.6. The standard InChI is InChI=1S/C19H21N5OS/c1-14(18(25)21-15-9-11-16(12-10-15)23(2)3)26-19-22-20-13-24(19)17-7-5-4-6-8-17/h4-14H,1-3H3,(H,21,25). The fraction of sp³-hybridized carbons (Fsp3) is 0.211. The van der Waals surface area contributed by atoms with Crippen molar-refractivity contribution < 1.29 is 4.79 Å². The lowest BCUT2D eigenvalue weighted by Crippen LogP contribution is -2.22. The zero-order valence-corrected chi connectivity index (χ0v) is 15.8. The predicted molar refractivity (Wildman–Crippen MR) is 106 cm³/mol. The van der Waals surface area contributed by atoms with Crippen molar-refractivity contribution in [1.29, 1.82) is 0 Å². The van der Waals surface area contributed by atoms with Gasteiger partial charge in [-0.05, 0) is 43.3 Å². The third-order valence-electron chi connectivity index (χ3n) is 3.85. The molecule has 26 heavy (non-hydrogen) atoms. The summed E-state index contributed by atoms with van der Waals surface area (Å²) in [4.78, 5) is 14.5. The first-order chi connectivity index (χ1) is 12.5. The molecular weight excluding hydrogens is 346 g/mol. The molecule has 0 aliphatic heterocycles. The van der Waals surface area contributed by atoms with Gasteiger partial charge in [-0.15, -0.1) is 10.2 Å². The number of thioether (sulfide) groups is 1. The van der Waals surface area contributed by atoms with Crippen LogP contribution < -0.4 is 10.2 Å². The minimum atomic E-state index is -0.310. The Morgan fingerprint density at radius 1 is 1.12 bits per heavy atom. The van der Waals surface area contributed by atoms with Crippen molar-refractivity contribution in [2.45, 2.75) is 17.3 Å². The molecule has 0 aliphatic carbocycles. The summed E-state index contributed by atoms with van der Waals surface area (Å²) in [5.41, 5.74) is 2.82. The fourth-order valence-electron chi connectivity index (χ4n) is 2.37. The van der Waals surface area contributed by atoms with Crippen molar-refractivity contribution in [2.24, 2.45) is 0 Å². The zero-order valence-electron chi connectivity index (χ0n) is 15.0. The first-order valence-electron chi connectivity index (χ1n) is 8.25. The Labute approximate surface area is 157 Å². The first-order valence-corrected chi connectivity index (χ1v) is 9.13. The van der Waals surface area contributed by atoms with Gasteiger partial charge < -0.3 is 10.2 Å². The average Bonchev–Trinajstić information content (AvgIpc) is 3.11. The molecule has 1 atom stereocenters. The molecule has 1 N–H and O–H groups in total. The van der Waals surface area contributed by atoms with Crippen LogP contribution in [0.1, 0.15) is 6.92 Å². The predicted octanol–water partition coefficient (Wildman–Crippen LogP) is 3.45. The first kappa shape index (κ1) is 18.0. The molecule has 1 heterocycles. The molecule has 0 bridgehead atoms. The highest BCUT2D eigenvalue weighted by molar-refractivity contribution is 8.00. The maximum Gasteiger partial charge on any atom is 0.237 e. The van der Waals surface area contributed by atoms with Gasteiger partial charge >= 0.3 is 0 Å². The summed E-state index contributed by atoms with van der Waals surface area (Å²) in [5, 5.41) is 11.4. The number of rotatable bonds is 6. The van der Waals surface area contributed by atoms with Gasteiger partial charge in [-0.1, -0.05) is 30.0 Å². The van der Waals surface area contributed by atoms with E-state index in [0.717, 1.165) is 17.1 Å². The minimum Gasteiger partial charge on any atom is -0.378 e. The van der Waals surface area contributed by atoms with Crippen molar-refractivity contribution >= 4 is 29.0 Å². The number of anilines is 2. The second-order valence-corrected chi connectivity index (χ2v) is 7.32. The Morgan fingerprint density at radius 3 is 2.46 bits per heavy atom. The molecule has 0 radical (unpaired) electrons. The lowest BCUT2D eigenvalue weighted by Gasteiger charge is -2.15. The normalized spacial score (nSPS) is 11.8. The van der Waals surface area contributed by atoms with Crippen LogP contribution in [0.3, 0.4) is 0 Å². The molecule has 0 fully saturated rings. The van der Waals surface area contributed by atoms with Gasteiger partial charge in [-0.2, -0.15) is 0 Å². The van der Waals surface area contributed by atoms with E-state index in [1.165, 1.54) is 11.8 Å². The Morgan fingerprint density at radius 2 is 1.81 bits per heavy atom. The Balaban J connectivity index is 1.66. The highest BCUT2D eigenvalue weighted by Crippen LogP contribution is 2.25. The Kier molecular flexibility index (Phi) is 5.58. The van der Waals surface area contributed by atoms with Gasteiger partial charge in [0.15, 0.2) is 5.16 Å². The number of nitrogens with zero attached hydrogens (tertiary/aromatic N) is 4. The molecular formula is C19H21N5OS. The van der Waals surface area contributed by atoms with Crippen LogP contribution in [-0.2, 0) is 4.79 Å². The Bertz CT molecular complexity index is 861. The van der Waals surface area contributed by atoms with Crippen LogP contribution in [0.5, 0.6) is 0 Å². The van der Waals surface area contributed by atoms with Crippen LogP contribution in [-0.4, -0.2) is 40.0 Å². The lowest BCUT2D eigenvalue weighted by molar-refractivity contribution is -0.115. The number of hydrogen-bond acceptors (Lipinski definition) is 5. The zero-order chi connectivity index (χ0) is 18.5. The van der Waals surface area contributed by atoms with Crippen LogP contribution in [0.15, 0.2) is 66.1 Å². The quantitative estimate of drug-likeness (QED) is 0.676. The van der Waals surface area contributed by atoms with E-state index in [1.807, 2.05) is 85.1 Å². The maximum atomic E-state index is 12.5. The second-order valence-electron chi connectivity index (χ2n) is 6.01. The third-order valence-corrected chi connectivity index (χ3v) is 4.91. The van der Waals surface area contributed by atoms with E-state index >= 15 is 0 Å². The number of hydrogen-bond donors (Lipinski definition) is 1. The van der Waals surface area contributed by atoms with Crippen molar-refractivity contribution in [2.75, 3.05) is 24.3 Å². The number of carbonyl (C=O) groups is 1. The smallest absolute Gasteiger partial charge is 0.237 e. The van der Waals surface area contributed by atoms with Crippen molar-refractivity contribution in [1.82, 2.24) is 14.8 Å². The fourth-order valence-corrected chi connectivity index (χ4v) is 3.21. The number of aromatic nitrogens is 3. The van der Waals surface area contributed by atoms with Gasteiger partial charge in [-0.3, -0.25) is 9.36 Å². The summed E-state index contributed by atoms with van der Waals surface area (Å²) in [7, 11) is 3.96. The molecule has 0 aliphatic rings. The van der Waals surface area contributed by atoms with Gasteiger partial charge in [0.1, 0.15) is 6.33 Å². The largest absolute Gasteiger partial charge is 0.378 e. The molecule has 7 heteroatoms. The summed E-state index contributed by atoms with van der Waals surface area (Å²) >= 11 is 1.38. The van der Waals surface area contributed by atoms with Gasteiger partial charge in [0.05, 0.1) is 5.25 Å². The summed E-state index contributed by atoms with van der Waals surface area (Å²) in [6.07, 6.45) is 1.66. The lowest BCUT2D eigenvalue weighted by atomic mass is 10.2. The molecule has 3 rings (SSSR count). The third kappa shape index (κ3) is 4.23. The molecule has 6 nitrogen and oxygen atoms in total. The highest BCUT2D eigenvalue weighted by Gasteiger charge is 2.18. The average molecular weight is 367 g/mol. The maximum absolute atomic E-state index is 12.5. The molecule has 1 aromatic heterocycles. The number of amides is 1. The molecule has 0 spiro atoms. The van der Waals surface area contributed by atoms with Gasteiger partial charge in [0, 0.05) is 31.2 Å². The summed E-state index contributed by atoms with van der Waals surface area (Å²) in [5.74, 6) is -0.0739. The monoisotopic (exact) mass is 367 g/mol. The van der Waals surface area contributed by atoms with Crippen molar-refractivity contribution in [3.63, 3.8) is 0 Å². The van der Waals surface area contributed by atoms with Crippen LogP contribution in [0.2, 0.25) is 0 Å². The highest BCUT2D eigenvalue weighted by atomic mass is 32.2. The van der Waals surface area contributed by atoms with E-state index in [1.54, 1.807) is 6.33 Å². The van der Waals surface area contributed by atoms with Crippen LogP contribution >= 0.6 is 11.8 Å². The molecule has 0 saturated carbocycles. The molecule has 3 aromatic rings. The topological polar surface area (TPSA) is 63.1 Å². The second kappa shape index (κ2) is 8.05. The summed E-state index contributed by atoms with van der Waals surface area (Å²) < 4.78 is 1.88. The van der Waals surface area contributed by atoms with Crippen LogP contribution in [0, 0.1) is 0 Å². The number of carbonyl (C=O) groups excluding carboxylic acids is 1. The number of para-hydroxylation sites is 1. The van der Waals surface area contributed by atoms with E-state index in [2.05, 4.69) is 15.5 Å². The van der Waals surface area contributed by atoms with E-state index in [0.29, 0.717) is 5.16 Å². The van der Waals surface area contributed by atoms with Gasteiger partial charge in [0.25, 0.3) is 0 Å². The van der Waals surface area contributed by atoms with Gasteiger partial charge in [-0.25, -0.2) is 0 Å². The number of nitrogens with one attached hydrogen (secondary N) is 1. The van der Waals surface area contributed by atoms with E-state index < -0.39 is 0 Å². The van der Waals surface area contributed by atoms with Crippen molar-refractivity contribution in [3.05, 3.63) is 60.9 Å². The van der Waals surface area contributed by atoms with Gasteiger partial charge in [0.2, 0.25) is 5.91 Å². The molecule has 0 saturated heterocycles. The Hall–Kier alpha value is -2.80. The van der Waals surface area contributed by atoms with Crippen LogP contribution in [0.4, 0.5) is 11.4 Å². The number of benzene rings is 2. The molecule has 2 aromatic carbocycles. The molecule has 134 valence electrons. The summed E-state index contributed by atoms with van der Waals surface area (Å²) in [6.45, 7) is 1.86. The van der Waals surface area contributed by atoms with E-state index in [9.17, 15) is 4.79 Å². The minimum absolute atomic E-state index is 0.0739. The molecule has 1 unspecified atom stereocenters. The SMILES string of the molecule is CC(Sc1nncn1-c1ccccc1)C(=O)Nc1ccc(N(C)C)cc1. The van der Waals surface area contributed by atoms with E-state index in [-0.39, 0.29) is 11.2 Å². The van der Waals surface area contributed by atoms with E-state index in [4.69, 9.17) is 0 Å².